The van der Waals surface area contributed by atoms with E-state index in [4.69, 9.17) is 0 Å². The second-order valence-electron chi connectivity index (χ2n) is 5.37. The number of rotatable bonds is 6. The molecular formula is C16H20N2O4. The maximum Gasteiger partial charge on any atom is 0.255 e. The molecule has 22 heavy (non-hydrogen) atoms. The molecule has 0 unspecified atom stereocenters. The van der Waals surface area contributed by atoms with Gasteiger partial charge in [-0.05, 0) is 12.0 Å². The van der Waals surface area contributed by atoms with Crippen molar-refractivity contribution in [1.29, 1.82) is 0 Å². The molecule has 0 spiro atoms. The molecule has 3 amide bonds. The van der Waals surface area contributed by atoms with Crippen LogP contribution in [-0.4, -0.2) is 38.9 Å². The minimum absolute atomic E-state index is 0.159. The van der Waals surface area contributed by atoms with Gasteiger partial charge in [0.1, 0.15) is 6.04 Å². The van der Waals surface area contributed by atoms with E-state index in [0.29, 0.717) is 11.5 Å². The maximum absolute atomic E-state index is 12.3. The number of imide groups is 1. The Morgan fingerprint density at radius 3 is 2.64 bits per heavy atom. The standard InChI is InChI=1S/C16H20N2O4/c1-2-3-9-14(19)18(22)13-10-15(20)17(16(13)21)11-12-7-5-4-6-8-12/h4-8,13,22H,2-3,9-11H2,1H3/t13-/m1/s1. The molecular weight excluding hydrogens is 284 g/mol. The van der Waals surface area contributed by atoms with Crippen molar-refractivity contribution in [2.24, 2.45) is 0 Å². The third-order valence-electron chi connectivity index (χ3n) is 3.70. The first kappa shape index (κ1) is 16.2. The molecule has 0 aromatic heterocycles. The normalized spacial score (nSPS) is 17.9. The van der Waals surface area contributed by atoms with Crippen LogP contribution >= 0.6 is 0 Å². The summed E-state index contributed by atoms with van der Waals surface area (Å²) >= 11 is 0. The first-order chi connectivity index (χ1) is 10.5. The van der Waals surface area contributed by atoms with Gasteiger partial charge >= 0.3 is 0 Å². The molecule has 0 saturated carbocycles. The molecule has 1 aliphatic heterocycles. The van der Waals surface area contributed by atoms with Crippen LogP contribution in [0.5, 0.6) is 0 Å². The average Bonchev–Trinajstić information content (AvgIpc) is 2.81. The number of carbonyl (C=O) groups excluding carboxylic acids is 3. The zero-order chi connectivity index (χ0) is 16.1. The van der Waals surface area contributed by atoms with Crippen molar-refractivity contribution in [1.82, 2.24) is 9.96 Å². The largest absolute Gasteiger partial charge is 0.285 e. The lowest BCUT2D eigenvalue weighted by Crippen LogP contribution is -2.43. The predicted octanol–water partition coefficient (Wildman–Crippen LogP) is 1.72. The van der Waals surface area contributed by atoms with Gasteiger partial charge < -0.3 is 0 Å². The highest BCUT2D eigenvalue weighted by molar-refractivity contribution is 6.06. The summed E-state index contributed by atoms with van der Waals surface area (Å²) in [6.07, 6.45) is 1.46. The van der Waals surface area contributed by atoms with Gasteiger partial charge in [-0.25, -0.2) is 5.06 Å². The summed E-state index contributed by atoms with van der Waals surface area (Å²) in [5.74, 6) is -1.42. The highest BCUT2D eigenvalue weighted by Crippen LogP contribution is 2.21. The van der Waals surface area contributed by atoms with Crippen LogP contribution in [0, 0.1) is 0 Å². The van der Waals surface area contributed by atoms with Gasteiger partial charge in [0, 0.05) is 6.42 Å². The van der Waals surface area contributed by atoms with Crippen LogP contribution < -0.4 is 0 Å². The van der Waals surface area contributed by atoms with Crippen LogP contribution in [0.15, 0.2) is 30.3 Å². The fourth-order valence-electron chi connectivity index (χ4n) is 2.41. The van der Waals surface area contributed by atoms with Crippen molar-refractivity contribution in [3.8, 4) is 0 Å². The second kappa shape index (κ2) is 7.17. The van der Waals surface area contributed by atoms with Gasteiger partial charge in [-0.2, -0.15) is 0 Å². The molecule has 0 bridgehead atoms. The molecule has 2 rings (SSSR count). The summed E-state index contributed by atoms with van der Waals surface area (Å²) in [4.78, 5) is 37.2. The smallest absolute Gasteiger partial charge is 0.255 e. The van der Waals surface area contributed by atoms with E-state index in [1.807, 2.05) is 37.3 Å². The fraction of sp³-hybridized carbons (Fsp3) is 0.438. The van der Waals surface area contributed by atoms with Gasteiger partial charge in [0.2, 0.25) is 11.8 Å². The van der Waals surface area contributed by atoms with Gasteiger partial charge in [-0.15, -0.1) is 0 Å². The fourth-order valence-corrected chi connectivity index (χ4v) is 2.41. The molecule has 1 atom stereocenters. The van der Waals surface area contributed by atoms with E-state index in [-0.39, 0.29) is 25.3 Å². The topological polar surface area (TPSA) is 77.9 Å². The summed E-state index contributed by atoms with van der Waals surface area (Å²) in [6, 6.07) is 8.03. The highest BCUT2D eigenvalue weighted by Gasteiger charge is 2.43. The van der Waals surface area contributed by atoms with Crippen LogP contribution in [0.2, 0.25) is 0 Å². The molecule has 1 N–H and O–H groups in total. The van der Waals surface area contributed by atoms with Gasteiger partial charge in [0.15, 0.2) is 0 Å². The summed E-state index contributed by atoms with van der Waals surface area (Å²) in [6.45, 7) is 2.09. The Labute approximate surface area is 129 Å². The summed E-state index contributed by atoms with van der Waals surface area (Å²) in [7, 11) is 0. The lowest BCUT2D eigenvalue weighted by molar-refractivity contribution is -0.179. The molecule has 1 heterocycles. The first-order valence-electron chi connectivity index (χ1n) is 7.43. The lowest BCUT2D eigenvalue weighted by Gasteiger charge is -2.21. The number of hydroxylamine groups is 2. The average molecular weight is 304 g/mol. The van der Waals surface area contributed by atoms with Gasteiger partial charge in [0.25, 0.3) is 5.91 Å². The van der Waals surface area contributed by atoms with E-state index in [9.17, 15) is 19.6 Å². The summed E-state index contributed by atoms with van der Waals surface area (Å²) in [5, 5.41) is 10.3. The molecule has 1 aromatic carbocycles. The third-order valence-corrected chi connectivity index (χ3v) is 3.70. The first-order valence-corrected chi connectivity index (χ1v) is 7.43. The Kier molecular flexibility index (Phi) is 5.27. The number of nitrogens with zero attached hydrogens (tertiary/aromatic N) is 2. The van der Waals surface area contributed by atoms with Crippen molar-refractivity contribution in [2.45, 2.75) is 45.2 Å². The van der Waals surface area contributed by atoms with Gasteiger partial charge in [-0.1, -0.05) is 43.7 Å². The van der Waals surface area contributed by atoms with E-state index in [1.165, 1.54) is 0 Å². The number of amides is 3. The third kappa shape index (κ3) is 3.51. The molecule has 6 heteroatoms. The number of unbranched alkanes of at least 4 members (excludes halogenated alkanes) is 1. The molecule has 1 saturated heterocycles. The zero-order valence-corrected chi connectivity index (χ0v) is 12.6. The minimum Gasteiger partial charge on any atom is -0.285 e. The molecule has 6 nitrogen and oxygen atoms in total. The molecule has 0 radical (unpaired) electrons. The summed E-state index contributed by atoms with van der Waals surface area (Å²) in [5.41, 5.74) is 0.826. The van der Waals surface area contributed by atoms with Crippen molar-refractivity contribution in [3.63, 3.8) is 0 Å². The number of likely N-dealkylation sites (tertiary alicyclic amines) is 1. The molecule has 1 fully saturated rings. The van der Waals surface area contributed by atoms with Crippen molar-refractivity contribution in [3.05, 3.63) is 35.9 Å². The SMILES string of the molecule is CCCCC(=O)N(O)[C@@H]1CC(=O)N(Cc2ccccc2)C1=O. The molecule has 118 valence electrons. The monoisotopic (exact) mass is 304 g/mol. The Balaban J connectivity index is 2.03. The van der Waals surface area contributed by atoms with Crippen LogP contribution in [0.1, 0.15) is 38.2 Å². The molecule has 0 aliphatic carbocycles. The van der Waals surface area contributed by atoms with E-state index in [1.54, 1.807) is 0 Å². The van der Waals surface area contributed by atoms with E-state index >= 15 is 0 Å². The number of carbonyl (C=O) groups is 3. The van der Waals surface area contributed by atoms with Gasteiger partial charge in [0.05, 0.1) is 13.0 Å². The van der Waals surface area contributed by atoms with Crippen molar-refractivity contribution in [2.75, 3.05) is 0 Å². The Morgan fingerprint density at radius 2 is 2.00 bits per heavy atom. The minimum atomic E-state index is -1.10. The lowest BCUT2D eigenvalue weighted by atomic mass is 10.2. The number of hydrogen-bond acceptors (Lipinski definition) is 4. The Morgan fingerprint density at radius 1 is 1.32 bits per heavy atom. The van der Waals surface area contributed by atoms with Crippen molar-refractivity contribution < 1.29 is 19.6 Å². The van der Waals surface area contributed by atoms with Crippen molar-refractivity contribution >= 4 is 17.7 Å². The number of hydrogen-bond donors (Lipinski definition) is 1. The predicted molar refractivity (Wildman–Crippen MR) is 78.6 cm³/mol. The Hall–Kier alpha value is -2.21. The second-order valence-corrected chi connectivity index (χ2v) is 5.37. The summed E-state index contributed by atoms with van der Waals surface area (Å²) < 4.78 is 0. The molecule has 1 aromatic rings. The highest BCUT2D eigenvalue weighted by atomic mass is 16.5. The van der Waals surface area contributed by atoms with E-state index < -0.39 is 17.9 Å². The number of benzene rings is 1. The molecule has 1 aliphatic rings. The zero-order valence-electron chi connectivity index (χ0n) is 12.6. The van der Waals surface area contributed by atoms with E-state index in [2.05, 4.69) is 0 Å². The van der Waals surface area contributed by atoms with Crippen LogP contribution in [-0.2, 0) is 20.9 Å². The van der Waals surface area contributed by atoms with Crippen LogP contribution in [0.4, 0.5) is 0 Å². The maximum atomic E-state index is 12.3. The Bertz CT molecular complexity index is 559. The van der Waals surface area contributed by atoms with Gasteiger partial charge in [-0.3, -0.25) is 24.5 Å². The quantitative estimate of drug-likeness (QED) is 0.493. The van der Waals surface area contributed by atoms with Crippen LogP contribution in [0.25, 0.3) is 0 Å². The van der Waals surface area contributed by atoms with Crippen LogP contribution in [0.3, 0.4) is 0 Å². The van der Waals surface area contributed by atoms with E-state index in [0.717, 1.165) is 16.9 Å².